The highest BCUT2D eigenvalue weighted by Crippen LogP contribution is 2.30. The lowest BCUT2D eigenvalue weighted by Crippen LogP contribution is -2.09. The van der Waals surface area contributed by atoms with Crippen LogP contribution in [0.5, 0.6) is 0 Å². The lowest BCUT2D eigenvalue weighted by atomic mass is 10.1. The first kappa shape index (κ1) is 18.7. The predicted octanol–water partition coefficient (Wildman–Crippen LogP) is 5.46. The van der Waals surface area contributed by atoms with Crippen LogP contribution in [-0.2, 0) is 4.74 Å². The van der Waals surface area contributed by atoms with Gasteiger partial charge in [-0.05, 0) is 37.3 Å². The first-order chi connectivity index (χ1) is 15.2. The molecule has 0 saturated carbocycles. The van der Waals surface area contributed by atoms with E-state index in [1.165, 1.54) is 0 Å². The maximum absolute atomic E-state index is 12.8. The molecule has 5 aromatic rings. The number of ether oxygens (including phenoxy) is 1. The van der Waals surface area contributed by atoms with Crippen molar-refractivity contribution in [3.63, 3.8) is 0 Å². The fourth-order valence-corrected chi connectivity index (χ4v) is 3.24. The van der Waals surface area contributed by atoms with Gasteiger partial charge < -0.3 is 13.7 Å². The maximum Gasteiger partial charge on any atom is 0.338 e. The number of carbonyl (C=O) groups excluding carboxylic acids is 1. The summed E-state index contributed by atoms with van der Waals surface area (Å²) < 4.78 is 16.7. The van der Waals surface area contributed by atoms with E-state index in [0.717, 1.165) is 16.5 Å². The number of aromatic nitrogens is 3. The lowest BCUT2D eigenvalue weighted by Gasteiger charge is -2.09. The van der Waals surface area contributed by atoms with Crippen LogP contribution in [0.15, 0.2) is 87.8 Å². The van der Waals surface area contributed by atoms with Gasteiger partial charge in [-0.1, -0.05) is 53.7 Å². The Labute approximate surface area is 177 Å². The summed E-state index contributed by atoms with van der Waals surface area (Å²) in [5, 5.41) is 12.9. The average molecular weight is 411 g/mol. The van der Waals surface area contributed by atoms with Gasteiger partial charge in [-0.2, -0.15) is 0 Å². The van der Waals surface area contributed by atoms with E-state index >= 15 is 0 Å². The van der Waals surface area contributed by atoms with Crippen LogP contribution in [0.3, 0.4) is 0 Å². The monoisotopic (exact) mass is 411 g/mol. The van der Waals surface area contributed by atoms with Crippen molar-refractivity contribution in [3.05, 3.63) is 90.3 Å². The minimum atomic E-state index is -0.704. The average Bonchev–Trinajstić information content (AvgIpc) is 3.47. The van der Waals surface area contributed by atoms with E-state index in [4.69, 9.17) is 13.7 Å². The minimum absolute atomic E-state index is 0.225. The molecule has 0 radical (unpaired) electrons. The molecule has 0 spiro atoms. The van der Waals surface area contributed by atoms with Gasteiger partial charge in [0.25, 0.3) is 5.89 Å². The summed E-state index contributed by atoms with van der Waals surface area (Å²) >= 11 is 0. The smallest absolute Gasteiger partial charge is 0.338 e. The van der Waals surface area contributed by atoms with Gasteiger partial charge in [0.05, 0.1) is 10.9 Å². The molecular formula is C24H17N3O4. The van der Waals surface area contributed by atoms with Crippen LogP contribution in [-0.4, -0.2) is 21.3 Å². The van der Waals surface area contributed by atoms with Gasteiger partial charge >= 0.3 is 5.97 Å². The molecule has 0 amide bonds. The molecule has 0 N–H and O–H groups in total. The predicted molar refractivity (Wildman–Crippen MR) is 113 cm³/mol. The van der Waals surface area contributed by atoms with Crippen molar-refractivity contribution in [3.8, 4) is 22.8 Å². The highest BCUT2D eigenvalue weighted by atomic mass is 16.6. The molecule has 0 saturated heterocycles. The number of esters is 1. The lowest BCUT2D eigenvalue weighted by molar-refractivity contribution is 0.0280. The summed E-state index contributed by atoms with van der Waals surface area (Å²) in [5.74, 6) is 0.692. The van der Waals surface area contributed by atoms with Crippen LogP contribution in [0, 0.1) is 0 Å². The zero-order valence-electron chi connectivity index (χ0n) is 16.6. The Hall–Kier alpha value is -4.26. The third-order valence-corrected chi connectivity index (χ3v) is 4.84. The molecule has 2 aromatic heterocycles. The number of benzene rings is 3. The number of rotatable bonds is 5. The largest absolute Gasteiger partial charge is 0.449 e. The molecule has 31 heavy (non-hydrogen) atoms. The molecule has 0 aliphatic carbocycles. The molecule has 0 aliphatic heterocycles. The first-order valence-electron chi connectivity index (χ1n) is 9.74. The third-order valence-electron chi connectivity index (χ3n) is 4.84. The molecule has 2 heterocycles. The quantitative estimate of drug-likeness (QED) is 0.355. The van der Waals surface area contributed by atoms with Crippen molar-refractivity contribution in [2.24, 2.45) is 0 Å². The Bertz CT molecular complexity index is 1340. The zero-order valence-corrected chi connectivity index (χ0v) is 16.6. The first-order valence-corrected chi connectivity index (χ1v) is 9.74. The molecule has 1 atom stereocenters. The summed E-state index contributed by atoms with van der Waals surface area (Å²) in [5.41, 5.74) is 2.71. The van der Waals surface area contributed by atoms with Gasteiger partial charge in [-0.15, -0.1) is 10.2 Å². The highest BCUT2D eigenvalue weighted by Gasteiger charge is 2.21. The highest BCUT2D eigenvalue weighted by molar-refractivity contribution is 5.98. The summed E-state index contributed by atoms with van der Waals surface area (Å²) in [6.07, 6.45) is -0.704. The van der Waals surface area contributed by atoms with E-state index in [2.05, 4.69) is 15.4 Å². The Morgan fingerprint density at radius 1 is 0.903 bits per heavy atom. The van der Waals surface area contributed by atoms with Gasteiger partial charge in [-0.3, -0.25) is 0 Å². The van der Waals surface area contributed by atoms with Crippen molar-refractivity contribution in [1.29, 1.82) is 0 Å². The Balaban J connectivity index is 1.37. The van der Waals surface area contributed by atoms with E-state index in [1.54, 1.807) is 25.1 Å². The summed E-state index contributed by atoms with van der Waals surface area (Å²) in [7, 11) is 0. The van der Waals surface area contributed by atoms with E-state index in [-0.39, 0.29) is 5.89 Å². The number of hydrogen-bond donors (Lipinski definition) is 0. The molecule has 7 nitrogen and oxygen atoms in total. The van der Waals surface area contributed by atoms with E-state index in [9.17, 15) is 4.79 Å². The van der Waals surface area contributed by atoms with Crippen molar-refractivity contribution in [2.45, 2.75) is 13.0 Å². The second kappa shape index (κ2) is 7.87. The Morgan fingerprint density at radius 2 is 1.61 bits per heavy atom. The van der Waals surface area contributed by atoms with Crippen molar-refractivity contribution >= 4 is 16.9 Å². The van der Waals surface area contributed by atoms with Crippen molar-refractivity contribution in [2.75, 3.05) is 0 Å². The fraction of sp³-hybridized carbons (Fsp3) is 0.0833. The van der Waals surface area contributed by atoms with Gasteiger partial charge in [0, 0.05) is 11.1 Å². The summed E-state index contributed by atoms with van der Waals surface area (Å²) in [6, 6.07) is 24.1. The molecule has 7 heteroatoms. The van der Waals surface area contributed by atoms with Crippen LogP contribution in [0.25, 0.3) is 33.7 Å². The van der Waals surface area contributed by atoms with Crippen LogP contribution in [0.1, 0.15) is 29.3 Å². The van der Waals surface area contributed by atoms with Gasteiger partial charge in [0.1, 0.15) is 5.52 Å². The Kier molecular flexibility index (Phi) is 4.76. The molecule has 0 aliphatic rings. The second-order valence-electron chi connectivity index (χ2n) is 6.97. The number of nitrogens with zero attached hydrogens (tertiary/aromatic N) is 3. The standard InChI is InChI=1S/C24H17N3O4/c1-15(22-25-26-23(30-22)17-10-6-3-7-11-17)29-24(28)18-12-13-20-19(14-18)21(31-27-20)16-8-4-2-5-9-16/h2-15H,1H3/t15-/m1/s1. The summed E-state index contributed by atoms with van der Waals surface area (Å²) in [4.78, 5) is 12.8. The van der Waals surface area contributed by atoms with E-state index < -0.39 is 12.1 Å². The molecule has 0 fully saturated rings. The Morgan fingerprint density at radius 3 is 2.35 bits per heavy atom. The molecule has 5 rings (SSSR count). The number of carbonyl (C=O) groups is 1. The van der Waals surface area contributed by atoms with Crippen molar-refractivity contribution < 1.29 is 18.5 Å². The topological polar surface area (TPSA) is 91.2 Å². The SMILES string of the molecule is C[C@@H](OC(=O)c1ccc2noc(-c3ccccc3)c2c1)c1nnc(-c2ccccc2)o1. The molecule has 152 valence electrons. The van der Waals surface area contributed by atoms with E-state index in [0.29, 0.717) is 22.7 Å². The number of hydrogen-bond acceptors (Lipinski definition) is 7. The molecule has 0 bridgehead atoms. The van der Waals surface area contributed by atoms with Crippen LogP contribution < -0.4 is 0 Å². The molecule has 3 aromatic carbocycles. The summed E-state index contributed by atoms with van der Waals surface area (Å²) in [6.45, 7) is 1.69. The minimum Gasteiger partial charge on any atom is -0.449 e. The van der Waals surface area contributed by atoms with E-state index in [1.807, 2.05) is 60.7 Å². The van der Waals surface area contributed by atoms with Crippen LogP contribution in [0.2, 0.25) is 0 Å². The second-order valence-corrected chi connectivity index (χ2v) is 6.97. The zero-order chi connectivity index (χ0) is 21.2. The fourth-order valence-electron chi connectivity index (χ4n) is 3.24. The normalized spacial score (nSPS) is 12.0. The van der Waals surface area contributed by atoms with Crippen LogP contribution in [0.4, 0.5) is 0 Å². The number of fused-ring (bicyclic) bond motifs is 1. The molecule has 0 unspecified atom stereocenters. The third kappa shape index (κ3) is 3.69. The van der Waals surface area contributed by atoms with Gasteiger partial charge in [-0.25, -0.2) is 4.79 Å². The van der Waals surface area contributed by atoms with Crippen molar-refractivity contribution in [1.82, 2.24) is 15.4 Å². The van der Waals surface area contributed by atoms with Gasteiger partial charge in [0.2, 0.25) is 5.89 Å². The van der Waals surface area contributed by atoms with Gasteiger partial charge in [0.15, 0.2) is 11.9 Å². The van der Waals surface area contributed by atoms with Crippen LogP contribution >= 0.6 is 0 Å². The maximum atomic E-state index is 12.8. The molecular weight excluding hydrogens is 394 g/mol.